The standard InChI is InChI=1S/C22H25ClF4N4O4/c1-11(13-6-7-16(14(24)8-13)35-22(25,26)27)28-19-29-17(23)9-18(30-19)31-15(10-33-20(31)32)12(2)34-21(3,4)5/h6-9,11-12,15H,10H2,1-5H3,(H,28,29,30)/t11-,12+,15+/m0/s1. The number of benzene rings is 1. The van der Waals surface area contributed by atoms with E-state index in [1.54, 1.807) is 6.92 Å². The summed E-state index contributed by atoms with van der Waals surface area (Å²) in [6.07, 6.45) is -6.04. The molecular formula is C22H25ClF4N4O4. The number of hydrogen-bond donors (Lipinski definition) is 1. The zero-order valence-electron chi connectivity index (χ0n) is 19.6. The summed E-state index contributed by atoms with van der Waals surface area (Å²) in [5.41, 5.74) is -0.161. The molecule has 1 aromatic carbocycles. The topological polar surface area (TPSA) is 85.8 Å². The van der Waals surface area contributed by atoms with Crippen molar-refractivity contribution in [2.75, 3.05) is 16.8 Å². The SMILES string of the molecule is C[C@H](Nc1nc(Cl)cc(N2C(=O)OC[C@@H]2[C@@H](C)OC(C)(C)C)n1)c1ccc(OC(F)(F)F)c(F)c1. The number of cyclic esters (lactones) is 1. The van der Waals surface area contributed by atoms with Crippen LogP contribution in [0.2, 0.25) is 5.15 Å². The van der Waals surface area contributed by atoms with E-state index in [9.17, 15) is 22.4 Å². The molecule has 1 aliphatic heterocycles. The highest BCUT2D eigenvalue weighted by Crippen LogP contribution is 2.31. The molecule has 0 spiro atoms. The lowest BCUT2D eigenvalue weighted by molar-refractivity contribution is -0.275. The van der Waals surface area contributed by atoms with E-state index in [2.05, 4.69) is 20.0 Å². The molecule has 13 heteroatoms. The summed E-state index contributed by atoms with van der Waals surface area (Å²) in [4.78, 5) is 22.2. The molecule has 1 N–H and O–H groups in total. The Balaban J connectivity index is 1.81. The second-order valence-electron chi connectivity index (χ2n) is 8.93. The van der Waals surface area contributed by atoms with Gasteiger partial charge in [-0.05, 0) is 52.3 Å². The van der Waals surface area contributed by atoms with Crippen LogP contribution < -0.4 is 15.0 Å². The van der Waals surface area contributed by atoms with Gasteiger partial charge in [0, 0.05) is 6.07 Å². The van der Waals surface area contributed by atoms with Crippen LogP contribution in [0.1, 0.15) is 46.2 Å². The first-order valence-electron chi connectivity index (χ1n) is 10.6. The second kappa shape index (κ2) is 10.0. The van der Waals surface area contributed by atoms with Crippen LogP contribution in [0.25, 0.3) is 0 Å². The van der Waals surface area contributed by atoms with E-state index in [1.165, 1.54) is 17.0 Å². The van der Waals surface area contributed by atoms with Gasteiger partial charge in [-0.25, -0.2) is 14.2 Å². The Labute approximate surface area is 204 Å². The number of anilines is 2. The molecule has 0 radical (unpaired) electrons. The summed E-state index contributed by atoms with van der Waals surface area (Å²) in [6, 6.07) is 3.33. The average molecular weight is 521 g/mol. The van der Waals surface area contributed by atoms with Gasteiger partial charge in [-0.2, -0.15) is 4.98 Å². The molecule has 3 rings (SSSR count). The number of carbonyl (C=O) groups is 1. The van der Waals surface area contributed by atoms with Gasteiger partial charge in [-0.1, -0.05) is 17.7 Å². The minimum absolute atomic E-state index is 0.0128. The summed E-state index contributed by atoms with van der Waals surface area (Å²) >= 11 is 6.16. The number of rotatable bonds is 7. The average Bonchev–Trinajstić information content (AvgIpc) is 3.08. The van der Waals surface area contributed by atoms with E-state index in [1.807, 2.05) is 27.7 Å². The zero-order chi connectivity index (χ0) is 26.1. The summed E-state index contributed by atoms with van der Waals surface area (Å²) in [5, 5.41) is 2.93. The second-order valence-corrected chi connectivity index (χ2v) is 9.31. The molecular weight excluding hydrogens is 496 g/mol. The first-order chi connectivity index (χ1) is 16.1. The Bertz CT molecular complexity index is 1080. The van der Waals surface area contributed by atoms with E-state index in [-0.39, 0.29) is 23.5 Å². The molecule has 1 fully saturated rings. The fourth-order valence-electron chi connectivity index (χ4n) is 3.55. The number of hydrogen-bond acceptors (Lipinski definition) is 7. The van der Waals surface area contributed by atoms with Crippen molar-refractivity contribution in [1.29, 1.82) is 0 Å². The zero-order valence-corrected chi connectivity index (χ0v) is 20.4. The highest BCUT2D eigenvalue weighted by Gasteiger charge is 2.40. The van der Waals surface area contributed by atoms with Crippen LogP contribution in [-0.2, 0) is 9.47 Å². The number of amides is 1. The summed E-state index contributed by atoms with van der Waals surface area (Å²) in [5.74, 6) is -1.95. The van der Waals surface area contributed by atoms with Crippen molar-refractivity contribution in [1.82, 2.24) is 9.97 Å². The number of halogens is 5. The van der Waals surface area contributed by atoms with Crippen molar-refractivity contribution in [3.05, 3.63) is 40.8 Å². The van der Waals surface area contributed by atoms with Gasteiger partial charge in [-0.15, -0.1) is 13.2 Å². The minimum Gasteiger partial charge on any atom is -0.447 e. The van der Waals surface area contributed by atoms with Crippen LogP contribution in [0.4, 0.5) is 34.1 Å². The van der Waals surface area contributed by atoms with Gasteiger partial charge in [0.15, 0.2) is 11.6 Å². The van der Waals surface area contributed by atoms with Crippen LogP contribution in [0.15, 0.2) is 24.3 Å². The third kappa shape index (κ3) is 7.07. The monoisotopic (exact) mass is 520 g/mol. The number of carbonyl (C=O) groups excluding carboxylic acids is 1. The first kappa shape index (κ1) is 26.7. The molecule has 1 aromatic heterocycles. The van der Waals surface area contributed by atoms with Crippen LogP contribution in [-0.4, -0.2) is 46.8 Å². The summed E-state index contributed by atoms with van der Waals surface area (Å²) in [6.45, 7) is 9.19. The molecule has 2 aromatic rings. The van der Waals surface area contributed by atoms with E-state index in [4.69, 9.17) is 21.1 Å². The molecule has 0 aliphatic carbocycles. The van der Waals surface area contributed by atoms with Gasteiger partial charge in [-0.3, -0.25) is 4.90 Å². The highest BCUT2D eigenvalue weighted by atomic mass is 35.5. The minimum atomic E-state index is -5.01. The van der Waals surface area contributed by atoms with E-state index < -0.39 is 47.8 Å². The maximum absolute atomic E-state index is 14.1. The van der Waals surface area contributed by atoms with Crippen LogP contribution in [0.3, 0.4) is 0 Å². The normalized spacial score (nSPS) is 18.3. The molecule has 1 amide bonds. The van der Waals surface area contributed by atoms with Gasteiger partial charge in [0.2, 0.25) is 5.95 Å². The maximum Gasteiger partial charge on any atom is 0.573 e. The lowest BCUT2D eigenvalue weighted by Crippen LogP contribution is -2.45. The molecule has 35 heavy (non-hydrogen) atoms. The highest BCUT2D eigenvalue weighted by molar-refractivity contribution is 6.29. The fraction of sp³-hybridized carbons (Fsp3) is 0.500. The Morgan fingerprint density at radius 3 is 2.49 bits per heavy atom. The maximum atomic E-state index is 14.1. The third-order valence-electron chi connectivity index (χ3n) is 4.94. The van der Waals surface area contributed by atoms with Crippen molar-refractivity contribution in [2.24, 2.45) is 0 Å². The number of ether oxygens (including phenoxy) is 3. The van der Waals surface area contributed by atoms with Crippen molar-refractivity contribution in [3.8, 4) is 5.75 Å². The lowest BCUT2D eigenvalue weighted by atomic mass is 10.1. The number of alkyl halides is 3. The molecule has 3 atom stereocenters. The van der Waals surface area contributed by atoms with Crippen molar-refractivity contribution >= 4 is 29.5 Å². The third-order valence-corrected chi connectivity index (χ3v) is 5.14. The van der Waals surface area contributed by atoms with E-state index >= 15 is 0 Å². The molecule has 8 nitrogen and oxygen atoms in total. The van der Waals surface area contributed by atoms with Crippen LogP contribution >= 0.6 is 11.6 Å². The summed E-state index contributed by atoms with van der Waals surface area (Å²) < 4.78 is 66.1. The molecule has 0 unspecified atom stereocenters. The number of nitrogens with zero attached hydrogens (tertiary/aromatic N) is 3. The Kier molecular flexibility index (Phi) is 7.65. The van der Waals surface area contributed by atoms with E-state index in [0.717, 1.165) is 12.1 Å². The van der Waals surface area contributed by atoms with E-state index in [0.29, 0.717) is 5.56 Å². The smallest absolute Gasteiger partial charge is 0.447 e. The molecule has 0 bridgehead atoms. The lowest BCUT2D eigenvalue weighted by Gasteiger charge is -2.31. The van der Waals surface area contributed by atoms with Crippen LogP contribution in [0.5, 0.6) is 5.75 Å². The molecule has 192 valence electrons. The van der Waals surface area contributed by atoms with Crippen molar-refractivity contribution in [2.45, 2.75) is 64.8 Å². The molecule has 0 saturated carbocycles. The Morgan fingerprint density at radius 1 is 1.20 bits per heavy atom. The van der Waals surface area contributed by atoms with Gasteiger partial charge in [0.1, 0.15) is 23.6 Å². The number of aromatic nitrogens is 2. The van der Waals surface area contributed by atoms with Gasteiger partial charge in [0.25, 0.3) is 0 Å². The Hall–Kier alpha value is -2.86. The number of nitrogens with one attached hydrogen (secondary N) is 1. The molecule has 2 heterocycles. The largest absolute Gasteiger partial charge is 0.573 e. The fourth-order valence-corrected chi connectivity index (χ4v) is 3.72. The quantitative estimate of drug-likeness (QED) is 0.361. The van der Waals surface area contributed by atoms with Gasteiger partial charge < -0.3 is 19.5 Å². The molecule has 1 saturated heterocycles. The Morgan fingerprint density at radius 2 is 1.89 bits per heavy atom. The van der Waals surface area contributed by atoms with Crippen molar-refractivity contribution < 1.29 is 36.6 Å². The molecule has 1 aliphatic rings. The predicted octanol–water partition coefficient (Wildman–Crippen LogP) is 5.87. The summed E-state index contributed by atoms with van der Waals surface area (Å²) in [7, 11) is 0. The van der Waals surface area contributed by atoms with Crippen molar-refractivity contribution in [3.63, 3.8) is 0 Å². The van der Waals surface area contributed by atoms with Crippen LogP contribution in [0, 0.1) is 5.82 Å². The van der Waals surface area contributed by atoms with Gasteiger partial charge >= 0.3 is 12.5 Å². The predicted molar refractivity (Wildman–Crippen MR) is 120 cm³/mol. The first-order valence-corrected chi connectivity index (χ1v) is 11.0. The van der Waals surface area contributed by atoms with Gasteiger partial charge in [0.05, 0.1) is 17.7 Å².